The van der Waals surface area contributed by atoms with Gasteiger partial charge in [0, 0.05) is 58.4 Å². The van der Waals surface area contributed by atoms with Gasteiger partial charge in [-0.3, -0.25) is 5.32 Å². The van der Waals surface area contributed by atoms with Gasteiger partial charge in [-0.05, 0) is 41.5 Å². The molecule has 2 unspecified atom stereocenters. The zero-order valence-electron chi connectivity index (χ0n) is 27.3. The van der Waals surface area contributed by atoms with Gasteiger partial charge in [0.05, 0.1) is 0 Å². The van der Waals surface area contributed by atoms with Crippen molar-refractivity contribution in [3.8, 4) is 11.1 Å². The Morgan fingerprint density at radius 1 is 0.529 bits per heavy atom. The van der Waals surface area contributed by atoms with Crippen LogP contribution in [0.3, 0.4) is 0 Å². The Labute approximate surface area is 296 Å². The van der Waals surface area contributed by atoms with Crippen LogP contribution < -0.4 is 10.6 Å². The van der Waals surface area contributed by atoms with Gasteiger partial charge in [-0.15, -0.1) is 11.3 Å². The molecule has 3 aromatic heterocycles. The lowest BCUT2D eigenvalue weighted by Crippen LogP contribution is -2.45. The molecule has 1 aliphatic heterocycles. The second kappa shape index (κ2) is 11.2. The van der Waals surface area contributed by atoms with E-state index in [0.717, 1.165) is 77.5 Å². The summed E-state index contributed by atoms with van der Waals surface area (Å²) in [5, 5.41) is 14.5. The maximum atomic E-state index is 6.71. The van der Waals surface area contributed by atoms with E-state index < -0.39 is 0 Å². The average molecular weight is 676 g/mol. The highest BCUT2D eigenvalue weighted by Crippen LogP contribution is 2.41. The van der Waals surface area contributed by atoms with Gasteiger partial charge < -0.3 is 14.2 Å². The van der Waals surface area contributed by atoms with E-state index in [0.29, 0.717) is 0 Å². The molecule has 51 heavy (non-hydrogen) atoms. The molecule has 11 rings (SSSR count). The van der Waals surface area contributed by atoms with Crippen LogP contribution in [0.25, 0.3) is 75.2 Å². The third-order valence-corrected chi connectivity index (χ3v) is 11.4. The SMILES string of the molecule is c1ccc(C2N=C(c3cccc4c3sc3ccccc34)NC(c3cccc4c3oc3ccc(-c5cccc6c5oc5ccccc56)cc34)N2)cc1. The summed E-state index contributed by atoms with van der Waals surface area (Å²) in [5.41, 5.74) is 8.87. The van der Waals surface area contributed by atoms with E-state index >= 15 is 0 Å². The Morgan fingerprint density at radius 2 is 1.22 bits per heavy atom. The third-order valence-electron chi connectivity index (χ3n) is 10.2. The minimum absolute atomic E-state index is 0.257. The van der Waals surface area contributed by atoms with Crippen LogP contribution in [0.2, 0.25) is 0 Å². The molecule has 1 aliphatic rings. The second-order valence-electron chi connectivity index (χ2n) is 13.1. The molecule has 5 nitrogen and oxygen atoms in total. The average Bonchev–Trinajstić information content (AvgIpc) is 3.89. The molecule has 0 radical (unpaired) electrons. The molecule has 10 aromatic rings. The van der Waals surface area contributed by atoms with Crippen molar-refractivity contribution in [2.75, 3.05) is 0 Å². The summed E-state index contributed by atoms with van der Waals surface area (Å²) in [6.07, 6.45) is -0.520. The van der Waals surface area contributed by atoms with Crippen molar-refractivity contribution in [3.63, 3.8) is 0 Å². The lowest BCUT2D eigenvalue weighted by atomic mass is 9.99. The zero-order chi connectivity index (χ0) is 33.5. The Bertz CT molecular complexity index is 3010. The Morgan fingerprint density at radius 3 is 2.12 bits per heavy atom. The highest BCUT2D eigenvalue weighted by Gasteiger charge is 2.29. The number of nitrogens with one attached hydrogen (secondary N) is 2. The fraction of sp³-hybridized carbons (Fsp3) is 0.0444. The van der Waals surface area contributed by atoms with Gasteiger partial charge >= 0.3 is 0 Å². The first-order chi connectivity index (χ1) is 25.3. The van der Waals surface area contributed by atoms with Gasteiger partial charge in [-0.25, -0.2) is 4.99 Å². The number of thiophene rings is 1. The lowest BCUT2D eigenvalue weighted by molar-refractivity contribution is 0.408. The Kier molecular flexibility index (Phi) is 6.26. The summed E-state index contributed by atoms with van der Waals surface area (Å²) in [7, 11) is 0. The fourth-order valence-corrected chi connectivity index (χ4v) is 9.00. The minimum Gasteiger partial charge on any atom is -0.456 e. The number of benzene rings is 7. The van der Waals surface area contributed by atoms with Crippen molar-refractivity contribution in [3.05, 3.63) is 168 Å². The first-order valence-electron chi connectivity index (χ1n) is 17.2. The van der Waals surface area contributed by atoms with Crippen molar-refractivity contribution in [1.29, 1.82) is 0 Å². The summed E-state index contributed by atoms with van der Waals surface area (Å²) >= 11 is 1.82. The smallest absolute Gasteiger partial charge is 0.143 e. The second-order valence-corrected chi connectivity index (χ2v) is 14.2. The maximum absolute atomic E-state index is 6.71. The Balaban J connectivity index is 1.05. The van der Waals surface area contributed by atoms with Crippen LogP contribution >= 0.6 is 11.3 Å². The van der Waals surface area contributed by atoms with Gasteiger partial charge in [-0.2, -0.15) is 0 Å². The number of nitrogens with zero attached hydrogens (tertiary/aromatic N) is 1. The molecule has 2 N–H and O–H groups in total. The first kappa shape index (κ1) is 28.6. The van der Waals surface area contributed by atoms with Crippen LogP contribution in [-0.4, -0.2) is 5.84 Å². The number of aliphatic imine (C=N–C) groups is 1. The largest absolute Gasteiger partial charge is 0.456 e. The van der Waals surface area contributed by atoms with E-state index in [-0.39, 0.29) is 12.3 Å². The van der Waals surface area contributed by atoms with E-state index in [2.05, 4.69) is 144 Å². The fourth-order valence-electron chi connectivity index (χ4n) is 7.78. The molecule has 0 fully saturated rings. The molecule has 4 heterocycles. The van der Waals surface area contributed by atoms with Crippen LogP contribution in [0.15, 0.2) is 165 Å². The van der Waals surface area contributed by atoms with Crippen molar-refractivity contribution >= 4 is 81.2 Å². The molecular weight excluding hydrogens is 647 g/mol. The topological polar surface area (TPSA) is 62.7 Å². The van der Waals surface area contributed by atoms with Gasteiger partial charge in [0.2, 0.25) is 0 Å². The number of hydrogen-bond acceptors (Lipinski definition) is 6. The molecule has 0 aliphatic carbocycles. The summed E-state index contributed by atoms with van der Waals surface area (Å²) < 4.78 is 15.6. The normalized spacial score (nSPS) is 16.4. The van der Waals surface area contributed by atoms with Crippen LogP contribution in [0, 0.1) is 0 Å². The van der Waals surface area contributed by atoms with Crippen LogP contribution in [0.4, 0.5) is 0 Å². The Hall–Kier alpha value is -6.21. The van der Waals surface area contributed by atoms with Gasteiger partial charge in [-0.1, -0.05) is 121 Å². The first-order valence-corrected chi connectivity index (χ1v) is 18.0. The van der Waals surface area contributed by atoms with Gasteiger partial charge in [0.15, 0.2) is 0 Å². The molecule has 242 valence electrons. The predicted octanol–water partition coefficient (Wildman–Crippen LogP) is 11.9. The molecule has 0 spiro atoms. The lowest BCUT2D eigenvalue weighted by Gasteiger charge is -2.32. The number of amidine groups is 1. The van der Waals surface area contributed by atoms with E-state index in [1.165, 1.54) is 20.2 Å². The summed E-state index contributed by atoms with van der Waals surface area (Å²) in [6.45, 7) is 0. The molecular formula is C45H29N3O2S. The number of furan rings is 2. The van der Waals surface area contributed by atoms with Crippen LogP contribution in [0.5, 0.6) is 0 Å². The highest BCUT2D eigenvalue weighted by molar-refractivity contribution is 7.26. The molecule has 6 heteroatoms. The van der Waals surface area contributed by atoms with Gasteiger partial charge in [0.1, 0.15) is 40.5 Å². The number of para-hydroxylation sites is 3. The monoisotopic (exact) mass is 675 g/mol. The quantitative estimate of drug-likeness (QED) is 0.195. The van der Waals surface area contributed by atoms with E-state index in [4.69, 9.17) is 13.8 Å². The minimum atomic E-state index is -0.264. The third kappa shape index (κ3) is 4.47. The summed E-state index contributed by atoms with van der Waals surface area (Å²) in [5.74, 6) is 0.860. The van der Waals surface area contributed by atoms with Crippen LogP contribution in [0.1, 0.15) is 29.0 Å². The molecule has 0 saturated carbocycles. The van der Waals surface area contributed by atoms with E-state index in [1.807, 2.05) is 29.5 Å². The van der Waals surface area contributed by atoms with Crippen molar-refractivity contribution in [2.45, 2.75) is 12.3 Å². The number of hydrogen-bond donors (Lipinski definition) is 2. The maximum Gasteiger partial charge on any atom is 0.143 e. The van der Waals surface area contributed by atoms with E-state index in [1.54, 1.807) is 0 Å². The predicted molar refractivity (Wildman–Crippen MR) is 210 cm³/mol. The van der Waals surface area contributed by atoms with Crippen molar-refractivity contribution < 1.29 is 8.83 Å². The molecule has 0 bridgehead atoms. The molecule has 7 aromatic carbocycles. The number of rotatable bonds is 4. The van der Waals surface area contributed by atoms with Crippen molar-refractivity contribution in [2.24, 2.45) is 4.99 Å². The number of fused-ring (bicyclic) bond motifs is 9. The summed E-state index contributed by atoms with van der Waals surface area (Å²) in [4.78, 5) is 5.29. The van der Waals surface area contributed by atoms with Crippen LogP contribution in [-0.2, 0) is 0 Å². The van der Waals surface area contributed by atoms with Crippen molar-refractivity contribution in [1.82, 2.24) is 10.6 Å². The standard InChI is InChI=1S/C45H29N3O2S/c1-2-11-26(12-3-1)43-46-44(48-45(47-43)35-20-10-18-33-30-14-5-7-22-39(30)51-42(33)35)34-19-9-17-32-36-25-27(23-24-38(36)50-41(32)34)28-15-8-16-31-29-13-4-6-21-37(29)49-40(28)31/h1-25,43-44,46H,(H,47,48). The molecule has 0 amide bonds. The zero-order valence-corrected chi connectivity index (χ0v) is 28.1. The highest BCUT2D eigenvalue weighted by atomic mass is 32.1. The van der Waals surface area contributed by atoms with Gasteiger partial charge in [0.25, 0.3) is 0 Å². The molecule has 0 saturated heterocycles. The van der Waals surface area contributed by atoms with E-state index in [9.17, 15) is 0 Å². The molecule has 2 atom stereocenters. The summed E-state index contributed by atoms with van der Waals surface area (Å²) in [6, 6.07) is 53.1.